The highest BCUT2D eigenvalue weighted by Gasteiger charge is 2.34. The van der Waals surface area contributed by atoms with Crippen molar-refractivity contribution in [3.8, 4) is 11.4 Å². The first-order valence-corrected chi connectivity index (χ1v) is 11.1. The number of hydrogen-bond acceptors (Lipinski definition) is 5. The summed E-state index contributed by atoms with van der Waals surface area (Å²) in [5.41, 5.74) is 2.93. The minimum Gasteiger partial charge on any atom is -0.341 e. The molecule has 1 saturated carbocycles. The minimum atomic E-state index is 0.268. The number of para-hydroxylation sites is 1. The number of allylic oxidation sites excluding steroid dienone is 1. The van der Waals surface area contributed by atoms with Crippen LogP contribution in [-0.2, 0) is 11.3 Å². The zero-order chi connectivity index (χ0) is 21.4. The topological polar surface area (TPSA) is 67.2 Å². The molecule has 7 heteroatoms. The second-order valence-corrected chi connectivity index (χ2v) is 8.69. The van der Waals surface area contributed by atoms with Gasteiger partial charge in [0.2, 0.25) is 11.9 Å². The van der Waals surface area contributed by atoms with Gasteiger partial charge in [-0.3, -0.25) is 14.3 Å². The summed E-state index contributed by atoms with van der Waals surface area (Å²) in [4.78, 5) is 21.4. The van der Waals surface area contributed by atoms with Crippen molar-refractivity contribution >= 4 is 22.8 Å². The van der Waals surface area contributed by atoms with Crippen molar-refractivity contribution in [1.82, 2.24) is 24.6 Å². The summed E-state index contributed by atoms with van der Waals surface area (Å²) in [6.07, 6.45) is 4.85. The Balaban J connectivity index is 1.49. The van der Waals surface area contributed by atoms with E-state index in [4.69, 9.17) is 0 Å². The van der Waals surface area contributed by atoms with Gasteiger partial charge in [0.15, 0.2) is 5.82 Å². The molecule has 1 aromatic carbocycles. The van der Waals surface area contributed by atoms with Gasteiger partial charge in [0, 0.05) is 55.8 Å². The molecule has 160 valence electrons. The molecule has 1 saturated heterocycles. The smallest absolute Gasteiger partial charge is 0.227 e. The monoisotopic (exact) mass is 416 g/mol. The lowest BCUT2D eigenvalue weighted by atomic mass is 10.1. The van der Waals surface area contributed by atoms with Gasteiger partial charge >= 0.3 is 0 Å². The molecule has 5 rings (SSSR count). The van der Waals surface area contributed by atoms with E-state index >= 15 is 0 Å². The third-order valence-electron chi connectivity index (χ3n) is 6.05. The maximum atomic E-state index is 12.5. The number of carbonyl (C=O) groups is 1. The summed E-state index contributed by atoms with van der Waals surface area (Å²) in [6, 6.07) is 10.2. The SMILES string of the molecule is C=C(C)Cn1c(-c2cccc3cccnc23)nnc1N1CCCN(C(=O)C2CC2)CC1. The minimum absolute atomic E-state index is 0.268. The van der Waals surface area contributed by atoms with Gasteiger partial charge in [-0.15, -0.1) is 10.2 Å². The summed E-state index contributed by atoms with van der Waals surface area (Å²) in [6.45, 7) is 9.97. The molecule has 3 heterocycles. The molecule has 1 amide bonds. The van der Waals surface area contributed by atoms with Crippen molar-refractivity contribution in [3.05, 3.63) is 48.7 Å². The first kappa shape index (κ1) is 19.7. The van der Waals surface area contributed by atoms with Crippen LogP contribution in [0.4, 0.5) is 5.95 Å². The molecule has 7 nitrogen and oxygen atoms in total. The Hall–Kier alpha value is -3.22. The normalized spacial score (nSPS) is 17.1. The first-order chi connectivity index (χ1) is 15.1. The highest BCUT2D eigenvalue weighted by atomic mass is 16.2. The van der Waals surface area contributed by atoms with Gasteiger partial charge in [-0.1, -0.05) is 30.4 Å². The van der Waals surface area contributed by atoms with E-state index in [1.807, 2.05) is 30.2 Å². The van der Waals surface area contributed by atoms with E-state index in [-0.39, 0.29) is 5.92 Å². The first-order valence-electron chi connectivity index (χ1n) is 11.1. The van der Waals surface area contributed by atoms with Crippen LogP contribution in [0.3, 0.4) is 0 Å². The van der Waals surface area contributed by atoms with E-state index in [9.17, 15) is 4.79 Å². The number of fused-ring (bicyclic) bond motifs is 1. The van der Waals surface area contributed by atoms with Crippen LogP contribution in [0.15, 0.2) is 48.7 Å². The molecule has 1 aliphatic carbocycles. The highest BCUT2D eigenvalue weighted by Crippen LogP contribution is 2.32. The number of amides is 1. The summed E-state index contributed by atoms with van der Waals surface area (Å²) < 4.78 is 2.14. The molecular formula is C24H28N6O. The average Bonchev–Trinajstić information content (AvgIpc) is 3.58. The van der Waals surface area contributed by atoms with Gasteiger partial charge in [0.05, 0.1) is 5.52 Å². The Bertz CT molecular complexity index is 1130. The maximum Gasteiger partial charge on any atom is 0.227 e. The summed E-state index contributed by atoms with van der Waals surface area (Å²) >= 11 is 0. The van der Waals surface area contributed by atoms with Crippen LogP contribution in [0.1, 0.15) is 26.2 Å². The van der Waals surface area contributed by atoms with E-state index in [2.05, 4.69) is 49.4 Å². The summed E-state index contributed by atoms with van der Waals surface area (Å²) in [7, 11) is 0. The number of aromatic nitrogens is 4. The zero-order valence-electron chi connectivity index (χ0n) is 18.0. The van der Waals surface area contributed by atoms with Crippen LogP contribution in [0, 0.1) is 5.92 Å². The summed E-state index contributed by atoms with van der Waals surface area (Å²) in [5, 5.41) is 10.3. The lowest BCUT2D eigenvalue weighted by Crippen LogP contribution is -2.36. The van der Waals surface area contributed by atoms with Crippen LogP contribution in [-0.4, -0.2) is 56.7 Å². The Morgan fingerprint density at radius 2 is 1.94 bits per heavy atom. The largest absolute Gasteiger partial charge is 0.341 e. The molecule has 0 spiro atoms. The Kier molecular flexibility index (Phi) is 5.18. The Morgan fingerprint density at radius 1 is 1.10 bits per heavy atom. The molecule has 2 fully saturated rings. The number of nitrogens with zero attached hydrogens (tertiary/aromatic N) is 6. The molecular weight excluding hydrogens is 388 g/mol. The van der Waals surface area contributed by atoms with Crippen molar-refractivity contribution in [2.24, 2.45) is 5.92 Å². The van der Waals surface area contributed by atoms with Crippen LogP contribution < -0.4 is 4.90 Å². The van der Waals surface area contributed by atoms with Gasteiger partial charge < -0.3 is 9.80 Å². The highest BCUT2D eigenvalue weighted by molar-refractivity contribution is 5.91. The number of pyridine rings is 1. The lowest BCUT2D eigenvalue weighted by molar-refractivity contribution is -0.132. The lowest BCUT2D eigenvalue weighted by Gasteiger charge is -2.23. The van der Waals surface area contributed by atoms with Gasteiger partial charge in [-0.05, 0) is 38.3 Å². The van der Waals surface area contributed by atoms with E-state index in [1.54, 1.807) is 0 Å². The van der Waals surface area contributed by atoms with Crippen molar-refractivity contribution in [2.45, 2.75) is 32.7 Å². The van der Waals surface area contributed by atoms with Crippen LogP contribution in [0.5, 0.6) is 0 Å². The number of benzene rings is 1. The predicted octanol–water partition coefficient (Wildman–Crippen LogP) is 3.52. The Morgan fingerprint density at radius 3 is 2.74 bits per heavy atom. The summed E-state index contributed by atoms with van der Waals surface area (Å²) in [5.74, 6) is 2.24. The second-order valence-electron chi connectivity index (χ2n) is 8.69. The molecule has 0 unspecified atom stereocenters. The fraction of sp³-hybridized carbons (Fsp3) is 0.417. The van der Waals surface area contributed by atoms with Crippen LogP contribution in [0.25, 0.3) is 22.3 Å². The number of carbonyl (C=O) groups excluding carboxylic acids is 1. The van der Waals surface area contributed by atoms with E-state index in [1.165, 1.54) is 0 Å². The van der Waals surface area contributed by atoms with Gasteiger partial charge in [0.25, 0.3) is 0 Å². The van der Waals surface area contributed by atoms with E-state index in [0.717, 1.165) is 79.3 Å². The van der Waals surface area contributed by atoms with E-state index in [0.29, 0.717) is 12.5 Å². The van der Waals surface area contributed by atoms with Gasteiger partial charge in [-0.2, -0.15) is 0 Å². The Labute approximate surface area is 182 Å². The zero-order valence-corrected chi connectivity index (χ0v) is 18.0. The van der Waals surface area contributed by atoms with Gasteiger partial charge in [0.1, 0.15) is 0 Å². The van der Waals surface area contributed by atoms with Crippen molar-refractivity contribution in [1.29, 1.82) is 0 Å². The molecule has 0 atom stereocenters. The third-order valence-corrected chi connectivity index (χ3v) is 6.05. The number of hydrogen-bond donors (Lipinski definition) is 0. The molecule has 0 radical (unpaired) electrons. The average molecular weight is 417 g/mol. The van der Waals surface area contributed by atoms with E-state index < -0.39 is 0 Å². The molecule has 31 heavy (non-hydrogen) atoms. The molecule has 2 aromatic heterocycles. The fourth-order valence-corrected chi connectivity index (χ4v) is 4.35. The standard InChI is InChI=1S/C24H28N6O/c1-17(2)16-30-22(20-8-3-6-18-7-4-11-25-21(18)20)26-27-24(30)29-13-5-12-28(14-15-29)23(31)19-9-10-19/h3-4,6-8,11,19H,1,5,9-10,12-16H2,2H3. The number of anilines is 1. The third kappa shape index (κ3) is 3.92. The molecule has 0 bridgehead atoms. The van der Waals surface area contributed by atoms with Gasteiger partial charge in [-0.25, -0.2) is 0 Å². The van der Waals surface area contributed by atoms with Crippen molar-refractivity contribution in [3.63, 3.8) is 0 Å². The molecule has 1 aliphatic heterocycles. The maximum absolute atomic E-state index is 12.5. The van der Waals surface area contributed by atoms with Crippen LogP contribution in [0.2, 0.25) is 0 Å². The predicted molar refractivity (Wildman–Crippen MR) is 122 cm³/mol. The number of rotatable bonds is 5. The molecule has 0 N–H and O–H groups in total. The van der Waals surface area contributed by atoms with Crippen LogP contribution >= 0.6 is 0 Å². The second kappa shape index (κ2) is 8.13. The molecule has 2 aliphatic rings. The van der Waals surface area contributed by atoms with Crippen molar-refractivity contribution < 1.29 is 4.79 Å². The fourth-order valence-electron chi connectivity index (χ4n) is 4.35. The quantitative estimate of drug-likeness (QED) is 0.596. The molecule has 3 aromatic rings. The van der Waals surface area contributed by atoms with Crippen molar-refractivity contribution in [2.75, 3.05) is 31.1 Å².